The molecule has 1 heterocycles. The first-order valence-electron chi connectivity index (χ1n) is 10.2. The summed E-state index contributed by atoms with van der Waals surface area (Å²) in [5.74, 6) is -1.03. The molecule has 2 unspecified atom stereocenters. The molecule has 0 aliphatic heterocycles. The summed E-state index contributed by atoms with van der Waals surface area (Å²) < 4.78 is 32.6. The lowest BCUT2D eigenvalue weighted by Crippen LogP contribution is -2.21. The number of fused-ring (bicyclic) bond motifs is 1. The van der Waals surface area contributed by atoms with Crippen molar-refractivity contribution in [2.24, 2.45) is 0 Å². The molecule has 0 N–H and O–H groups in total. The van der Waals surface area contributed by atoms with Gasteiger partial charge in [0.2, 0.25) is 5.43 Å². The molecule has 7 heteroatoms. The van der Waals surface area contributed by atoms with Crippen LogP contribution in [0.1, 0.15) is 66.9 Å². The van der Waals surface area contributed by atoms with E-state index >= 15 is 4.39 Å². The maximum Gasteiger partial charge on any atom is 0.343 e. The Morgan fingerprint density at radius 3 is 2.72 bits per heavy atom. The first-order valence-corrected chi connectivity index (χ1v) is 10.2. The van der Waals surface area contributed by atoms with Gasteiger partial charge in [-0.05, 0) is 62.6 Å². The first-order chi connectivity index (χ1) is 14.0. The summed E-state index contributed by atoms with van der Waals surface area (Å²) in [6.07, 6.45) is 5.98. The average molecular weight is 403 g/mol. The smallest absolute Gasteiger partial charge is 0.343 e. The Labute approximate surface area is 168 Å². The van der Waals surface area contributed by atoms with Gasteiger partial charge in [0.1, 0.15) is 18.2 Å². The molecule has 2 aliphatic rings. The molecule has 0 bridgehead atoms. The molecule has 0 radical (unpaired) electrons. The molecule has 0 amide bonds. The van der Waals surface area contributed by atoms with Crippen LogP contribution in [0.5, 0.6) is 0 Å². The Hall–Kier alpha value is -2.25. The van der Waals surface area contributed by atoms with Crippen LogP contribution in [-0.4, -0.2) is 37.1 Å². The van der Waals surface area contributed by atoms with E-state index in [0.717, 1.165) is 32.1 Å². The maximum atomic E-state index is 15.0. The van der Waals surface area contributed by atoms with E-state index in [1.54, 1.807) is 26.3 Å². The van der Waals surface area contributed by atoms with E-state index in [4.69, 9.17) is 14.2 Å². The molecule has 1 aromatic carbocycles. The van der Waals surface area contributed by atoms with Crippen LogP contribution in [0.2, 0.25) is 0 Å². The topological polar surface area (TPSA) is 66.8 Å². The number of carbonyl (C=O) groups is 1. The van der Waals surface area contributed by atoms with E-state index in [1.807, 2.05) is 4.57 Å². The SMILES string of the molecule is CCOC(=O)c1cn(C2CC2)c2cc(C3CCC(OCOC)C3)c(F)cc2c1=O. The predicted molar refractivity (Wildman–Crippen MR) is 106 cm³/mol. The van der Waals surface area contributed by atoms with Crippen LogP contribution < -0.4 is 5.43 Å². The summed E-state index contributed by atoms with van der Waals surface area (Å²) in [5.41, 5.74) is 0.780. The highest BCUT2D eigenvalue weighted by Crippen LogP contribution is 2.41. The Morgan fingerprint density at radius 2 is 2.03 bits per heavy atom. The Bertz CT molecular complexity index is 981. The van der Waals surface area contributed by atoms with Gasteiger partial charge in [0, 0.05) is 24.7 Å². The Kier molecular flexibility index (Phi) is 5.69. The highest BCUT2D eigenvalue weighted by Gasteiger charge is 2.31. The van der Waals surface area contributed by atoms with Crippen molar-refractivity contribution in [2.45, 2.75) is 57.1 Å². The molecule has 1 aromatic heterocycles. The van der Waals surface area contributed by atoms with Crippen molar-refractivity contribution in [1.29, 1.82) is 0 Å². The van der Waals surface area contributed by atoms with E-state index in [2.05, 4.69) is 0 Å². The third-order valence-electron chi connectivity index (χ3n) is 5.83. The predicted octanol–water partition coefficient (Wildman–Crippen LogP) is 3.91. The second-order valence-corrected chi connectivity index (χ2v) is 7.83. The number of ether oxygens (including phenoxy) is 3. The zero-order chi connectivity index (χ0) is 20.5. The van der Waals surface area contributed by atoms with Crippen LogP contribution >= 0.6 is 0 Å². The summed E-state index contributed by atoms with van der Waals surface area (Å²) in [5, 5.41) is 0.230. The molecular formula is C22H26FNO5. The fraction of sp³-hybridized carbons (Fsp3) is 0.545. The van der Waals surface area contributed by atoms with Crippen LogP contribution in [-0.2, 0) is 14.2 Å². The van der Waals surface area contributed by atoms with E-state index in [1.165, 1.54) is 6.07 Å². The summed E-state index contributed by atoms with van der Waals surface area (Å²) in [6, 6.07) is 3.31. The second-order valence-electron chi connectivity index (χ2n) is 7.83. The van der Waals surface area contributed by atoms with Gasteiger partial charge in [-0.15, -0.1) is 0 Å². The molecule has 4 rings (SSSR count). The third-order valence-corrected chi connectivity index (χ3v) is 5.83. The lowest BCUT2D eigenvalue weighted by molar-refractivity contribution is -0.0690. The zero-order valence-corrected chi connectivity index (χ0v) is 16.8. The van der Waals surface area contributed by atoms with Crippen molar-refractivity contribution in [3.63, 3.8) is 0 Å². The number of carbonyl (C=O) groups excluding carboxylic acids is 1. The third kappa shape index (κ3) is 3.94. The highest BCUT2D eigenvalue weighted by atomic mass is 19.1. The summed E-state index contributed by atoms with van der Waals surface area (Å²) >= 11 is 0. The molecule has 2 saturated carbocycles. The molecule has 0 saturated heterocycles. The minimum Gasteiger partial charge on any atom is -0.462 e. The molecule has 2 aromatic rings. The second kappa shape index (κ2) is 8.24. The minimum atomic E-state index is -0.660. The van der Waals surface area contributed by atoms with Crippen molar-refractivity contribution in [3.05, 3.63) is 45.5 Å². The number of methoxy groups -OCH3 is 1. The normalized spacial score (nSPS) is 21.6. The number of esters is 1. The van der Waals surface area contributed by atoms with Crippen molar-refractivity contribution >= 4 is 16.9 Å². The molecule has 29 heavy (non-hydrogen) atoms. The van der Waals surface area contributed by atoms with Crippen LogP contribution in [0.25, 0.3) is 10.9 Å². The Morgan fingerprint density at radius 1 is 1.24 bits per heavy atom. The number of halogens is 1. The summed E-state index contributed by atoms with van der Waals surface area (Å²) in [4.78, 5) is 25.1. The molecule has 2 atom stereocenters. The van der Waals surface area contributed by atoms with Crippen LogP contribution in [0, 0.1) is 5.82 Å². The van der Waals surface area contributed by atoms with Gasteiger partial charge in [0.05, 0.1) is 18.2 Å². The summed E-state index contributed by atoms with van der Waals surface area (Å²) in [6.45, 7) is 2.10. The molecule has 156 valence electrons. The van der Waals surface area contributed by atoms with Gasteiger partial charge in [-0.1, -0.05) is 0 Å². The molecule has 6 nitrogen and oxygen atoms in total. The molecule has 0 spiro atoms. The van der Waals surface area contributed by atoms with Crippen LogP contribution in [0.3, 0.4) is 0 Å². The van der Waals surface area contributed by atoms with Crippen molar-refractivity contribution in [1.82, 2.24) is 4.57 Å². The summed E-state index contributed by atoms with van der Waals surface area (Å²) in [7, 11) is 1.58. The standard InChI is InChI=1S/C22H26FNO5/c1-3-28-22(26)18-11-24(14-5-6-14)20-10-16(19(23)9-17(20)21(18)25)13-4-7-15(8-13)29-12-27-2/h9-11,13-15H,3-8,12H2,1-2H3. The van der Waals surface area contributed by atoms with E-state index < -0.39 is 17.2 Å². The van der Waals surface area contributed by atoms with Gasteiger partial charge < -0.3 is 18.8 Å². The molecule has 2 fully saturated rings. The lowest BCUT2D eigenvalue weighted by Gasteiger charge is -2.17. The maximum absolute atomic E-state index is 15.0. The van der Waals surface area contributed by atoms with Crippen LogP contribution in [0.15, 0.2) is 23.1 Å². The van der Waals surface area contributed by atoms with Gasteiger partial charge in [0.25, 0.3) is 0 Å². The van der Waals surface area contributed by atoms with Crippen LogP contribution in [0.4, 0.5) is 4.39 Å². The number of nitrogens with zero attached hydrogens (tertiary/aromatic N) is 1. The number of pyridine rings is 1. The lowest BCUT2D eigenvalue weighted by atomic mass is 9.95. The first kappa shape index (κ1) is 20.0. The zero-order valence-electron chi connectivity index (χ0n) is 16.8. The monoisotopic (exact) mass is 403 g/mol. The van der Waals surface area contributed by atoms with Gasteiger partial charge in [0.15, 0.2) is 0 Å². The largest absolute Gasteiger partial charge is 0.462 e. The minimum absolute atomic E-state index is 0.0349. The number of hydrogen-bond donors (Lipinski definition) is 0. The van der Waals surface area contributed by atoms with Gasteiger partial charge in [-0.25, -0.2) is 9.18 Å². The highest BCUT2D eigenvalue weighted by molar-refractivity contribution is 5.94. The van der Waals surface area contributed by atoms with E-state index in [9.17, 15) is 9.59 Å². The quantitative estimate of drug-likeness (QED) is 0.518. The van der Waals surface area contributed by atoms with Crippen molar-refractivity contribution in [2.75, 3.05) is 20.5 Å². The van der Waals surface area contributed by atoms with E-state index in [-0.39, 0.29) is 42.4 Å². The number of rotatable bonds is 7. The van der Waals surface area contributed by atoms with Gasteiger partial charge in [-0.2, -0.15) is 0 Å². The van der Waals surface area contributed by atoms with Gasteiger partial charge >= 0.3 is 5.97 Å². The molecular weight excluding hydrogens is 377 g/mol. The Balaban J connectivity index is 1.75. The van der Waals surface area contributed by atoms with Crippen molar-refractivity contribution < 1.29 is 23.4 Å². The fourth-order valence-electron chi connectivity index (χ4n) is 4.25. The number of hydrogen-bond acceptors (Lipinski definition) is 5. The number of benzene rings is 1. The average Bonchev–Trinajstić information content (AvgIpc) is 3.44. The number of aromatic nitrogens is 1. The van der Waals surface area contributed by atoms with Gasteiger partial charge in [-0.3, -0.25) is 4.79 Å². The molecule has 2 aliphatic carbocycles. The van der Waals surface area contributed by atoms with E-state index in [0.29, 0.717) is 11.1 Å². The van der Waals surface area contributed by atoms with Crippen molar-refractivity contribution in [3.8, 4) is 0 Å². The fourth-order valence-corrected chi connectivity index (χ4v) is 4.25.